The Morgan fingerprint density at radius 2 is 2.00 bits per heavy atom. The molecule has 0 bridgehead atoms. The molecule has 0 saturated carbocycles. The molecule has 1 aliphatic rings. The SMILES string of the molecule is CC(C)CCN1CCCC(NS(=O)(=O)c2ccccc2)C1. The van der Waals surface area contributed by atoms with Crippen LogP contribution in [0.15, 0.2) is 35.2 Å². The van der Waals surface area contributed by atoms with Crippen LogP contribution in [-0.4, -0.2) is 39.0 Å². The van der Waals surface area contributed by atoms with Crippen molar-refractivity contribution in [3.05, 3.63) is 30.3 Å². The lowest BCUT2D eigenvalue weighted by molar-refractivity contribution is 0.193. The van der Waals surface area contributed by atoms with E-state index < -0.39 is 10.0 Å². The van der Waals surface area contributed by atoms with Crippen LogP contribution in [0.5, 0.6) is 0 Å². The van der Waals surface area contributed by atoms with Crippen molar-refractivity contribution in [2.24, 2.45) is 5.92 Å². The van der Waals surface area contributed by atoms with Crippen molar-refractivity contribution in [3.8, 4) is 0 Å². The quantitative estimate of drug-likeness (QED) is 0.878. The zero-order chi connectivity index (χ0) is 15.3. The van der Waals surface area contributed by atoms with Gasteiger partial charge in [0.1, 0.15) is 0 Å². The molecule has 1 saturated heterocycles. The maximum absolute atomic E-state index is 12.3. The van der Waals surface area contributed by atoms with E-state index in [1.807, 2.05) is 6.07 Å². The minimum absolute atomic E-state index is 0.0242. The molecule has 0 spiro atoms. The van der Waals surface area contributed by atoms with E-state index in [1.165, 1.54) is 0 Å². The lowest BCUT2D eigenvalue weighted by Crippen LogP contribution is -2.47. The van der Waals surface area contributed by atoms with Crippen LogP contribution in [0.25, 0.3) is 0 Å². The Balaban J connectivity index is 1.93. The molecule has 0 radical (unpaired) electrons. The molecule has 21 heavy (non-hydrogen) atoms. The van der Waals surface area contributed by atoms with Crippen LogP contribution >= 0.6 is 0 Å². The van der Waals surface area contributed by atoms with Gasteiger partial charge in [0.25, 0.3) is 0 Å². The average molecular weight is 310 g/mol. The number of rotatable bonds is 6. The van der Waals surface area contributed by atoms with Crippen molar-refractivity contribution in [1.82, 2.24) is 9.62 Å². The van der Waals surface area contributed by atoms with E-state index in [9.17, 15) is 8.42 Å². The van der Waals surface area contributed by atoms with Crippen molar-refractivity contribution >= 4 is 10.0 Å². The Morgan fingerprint density at radius 1 is 1.29 bits per heavy atom. The second-order valence-corrected chi connectivity index (χ2v) is 7.97. The maximum atomic E-state index is 12.3. The van der Waals surface area contributed by atoms with E-state index in [2.05, 4.69) is 23.5 Å². The van der Waals surface area contributed by atoms with E-state index in [1.54, 1.807) is 24.3 Å². The number of likely N-dealkylation sites (tertiary alicyclic amines) is 1. The summed E-state index contributed by atoms with van der Waals surface area (Å²) in [5.74, 6) is 0.686. The summed E-state index contributed by atoms with van der Waals surface area (Å²) in [6.07, 6.45) is 3.14. The normalized spacial score (nSPS) is 20.8. The first-order valence-electron chi connectivity index (χ1n) is 7.77. The molecular formula is C16H26N2O2S. The second-order valence-electron chi connectivity index (χ2n) is 6.26. The zero-order valence-electron chi connectivity index (χ0n) is 13.0. The molecule has 1 atom stereocenters. The standard InChI is InChI=1S/C16H26N2O2S/c1-14(2)10-12-18-11-6-7-15(13-18)17-21(19,20)16-8-4-3-5-9-16/h3-5,8-9,14-15,17H,6-7,10-13H2,1-2H3. The highest BCUT2D eigenvalue weighted by Gasteiger charge is 2.24. The number of piperidine rings is 1. The molecule has 0 aromatic heterocycles. The second kappa shape index (κ2) is 7.38. The molecule has 2 rings (SSSR count). The summed E-state index contributed by atoms with van der Waals surface area (Å²) < 4.78 is 27.5. The van der Waals surface area contributed by atoms with Crippen molar-refractivity contribution in [3.63, 3.8) is 0 Å². The lowest BCUT2D eigenvalue weighted by atomic mass is 10.0. The van der Waals surface area contributed by atoms with Crippen molar-refractivity contribution < 1.29 is 8.42 Å². The minimum atomic E-state index is -3.39. The van der Waals surface area contributed by atoms with E-state index in [0.717, 1.165) is 38.9 Å². The molecule has 1 N–H and O–H groups in total. The minimum Gasteiger partial charge on any atom is -0.302 e. The maximum Gasteiger partial charge on any atom is 0.240 e. The zero-order valence-corrected chi connectivity index (χ0v) is 13.8. The molecule has 0 amide bonds. The smallest absolute Gasteiger partial charge is 0.240 e. The summed E-state index contributed by atoms with van der Waals surface area (Å²) >= 11 is 0. The van der Waals surface area contributed by atoms with Crippen LogP contribution in [0.3, 0.4) is 0 Å². The van der Waals surface area contributed by atoms with Gasteiger partial charge in [-0.2, -0.15) is 0 Å². The third-order valence-corrected chi connectivity index (χ3v) is 5.44. The number of hydrogen-bond acceptors (Lipinski definition) is 3. The van der Waals surface area contributed by atoms with Crippen LogP contribution in [0.4, 0.5) is 0 Å². The summed E-state index contributed by atoms with van der Waals surface area (Å²) in [4.78, 5) is 2.73. The molecule has 1 aromatic rings. The highest BCUT2D eigenvalue weighted by Crippen LogP contribution is 2.15. The van der Waals surface area contributed by atoms with Gasteiger partial charge in [-0.15, -0.1) is 0 Å². The van der Waals surface area contributed by atoms with Crippen LogP contribution in [0.2, 0.25) is 0 Å². The van der Waals surface area contributed by atoms with Gasteiger partial charge >= 0.3 is 0 Å². The van der Waals surface area contributed by atoms with Gasteiger partial charge in [-0.05, 0) is 50.4 Å². The Hall–Kier alpha value is -0.910. The Morgan fingerprint density at radius 3 is 2.67 bits per heavy atom. The van der Waals surface area contributed by atoms with Gasteiger partial charge in [-0.3, -0.25) is 0 Å². The summed E-state index contributed by atoms with van der Waals surface area (Å²) in [6.45, 7) is 7.40. The molecule has 4 nitrogen and oxygen atoms in total. The molecule has 5 heteroatoms. The first-order chi connectivity index (χ1) is 9.97. The molecule has 0 aliphatic carbocycles. The van der Waals surface area contributed by atoms with Gasteiger partial charge in [0.05, 0.1) is 4.90 Å². The Kier molecular flexibility index (Phi) is 5.79. The number of hydrogen-bond donors (Lipinski definition) is 1. The van der Waals surface area contributed by atoms with Gasteiger partial charge in [0, 0.05) is 12.6 Å². The first-order valence-corrected chi connectivity index (χ1v) is 9.25. The highest BCUT2D eigenvalue weighted by atomic mass is 32.2. The van der Waals surface area contributed by atoms with E-state index in [4.69, 9.17) is 0 Å². The fourth-order valence-electron chi connectivity index (χ4n) is 2.68. The number of benzene rings is 1. The predicted molar refractivity (Wildman–Crippen MR) is 85.7 cm³/mol. The monoisotopic (exact) mass is 310 g/mol. The Bertz CT molecular complexity index is 528. The summed E-state index contributed by atoms with van der Waals surface area (Å²) in [6, 6.07) is 8.64. The molecule has 118 valence electrons. The van der Waals surface area contributed by atoms with E-state index in [-0.39, 0.29) is 6.04 Å². The Labute approximate surface area is 128 Å². The van der Waals surface area contributed by atoms with Gasteiger partial charge < -0.3 is 4.90 Å². The van der Waals surface area contributed by atoms with Gasteiger partial charge in [-0.25, -0.2) is 13.1 Å². The number of nitrogens with one attached hydrogen (secondary N) is 1. The van der Waals surface area contributed by atoms with Crippen LogP contribution in [-0.2, 0) is 10.0 Å². The highest BCUT2D eigenvalue weighted by molar-refractivity contribution is 7.89. The molecular weight excluding hydrogens is 284 g/mol. The molecule has 1 aromatic carbocycles. The first kappa shape index (κ1) is 16.5. The fourth-order valence-corrected chi connectivity index (χ4v) is 3.97. The van der Waals surface area contributed by atoms with E-state index >= 15 is 0 Å². The average Bonchev–Trinajstić information content (AvgIpc) is 2.46. The topological polar surface area (TPSA) is 49.4 Å². The van der Waals surface area contributed by atoms with Crippen molar-refractivity contribution in [1.29, 1.82) is 0 Å². The molecule has 1 aliphatic heterocycles. The number of nitrogens with zero attached hydrogens (tertiary/aromatic N) is 1. The molecule has 1 heterocycles. The van der Waals surface area contributed by atoms with Crippen LogP contribution < -0.4 is 4.72 Å². The predicted octanol–water partition coefficient (Wildman–Crippen LogP) is 2.48. The fraction of sp³-hybridized carbons (Fsp3) is 0.625. The summed E-state index contributed by atoms with van der Waals surface area (Å²) in [5.41, 5.74) is 0. The van der Waals surface area contributed by atoms with Crippen LogP contribution in [0, 0.1) is 5.92 Å². The third kappa shape index (κ3) is 5.09. The third-order valence-electron chi connectivity index (χ3n) is 3.90. The summed E-state index contributed by atoms with van der Waals surface area (Å²) in [7, 11) is -3.39. The summed E-state index contributed by atoms with van der Waals surface area (Å²) in [5, 5.41) is 0. The van der Waals surface area contributed by atoms with Gasteiger partial charge in [-0.1, -0.05) is 32.0 Å². The largest absolute Gasteiger partial charge is 0.302 e. The molecule has 1 fully saturated rings. The van der Waals surface area contributed by atoms with Gasteiger partial charge in [0.15, 0.2) is 0 Å². The molecule has 1 unspecified atom stereocenters. The van der Waals surface area contributed by atoms with Gasteiger partial charge in [0.2, 0.25) is 10.0 Å². The number of sulfonamides is 1. The lowest BCUT2D eigenvalue weighted by Gasteiger charge is -2.33. The van der Waals surface area contributed by atoms with Crippen molar-refractivity contribution in [2.75, 3.05) is 19.6 Å². The van der Waals surface area contributed by atoms with Crippen LogP contribution in [0.1, 0.15) is 33.1 Å². The van der Waals surface area contributed by atoms with Crippen molar-refractivity contribution in [2.45, 2.75) is 44.0 Å². The van der Waals surface area contributed by atoms with E-state index in [0.29, 0.717) is 10.8 Å².